The van der Waals surface area contributed by atoms with Crippen molar-refractivity contribution in [2.24, 2.45) is 5.92 Å². The van der Waals surface area contributed by atoms with Gasteiger partial charge in [0.25, 0.3) is 0 Å². The minimum atomic E-state index is -4.71. The second-order valence-corrected chi connectivity index (χ2v) is 8.61. The summed E-state index contributed by atoms with van der Waals surface area (Å²) in [6.07, 6.45) is -8.75. The number of unbranched alkanes of at least 4 members (excludes halogenated alkanes) is 1. The van der Waals surface area contributed by atoms with E-state index in [-0.39, 0.29) is 43.2 Å². The third kappa shape index (κ3) is 6.77. The lowest BCUT2D eigenvalue weighted by molar-refractivity contribution is -0.185. The molecule has 0 atom stereocenters. The Morgan fingerprint density at radius 2 is 1.68 bits per heavy atom. The van der Waals surface area contributed by atoms with E-state index in [1.807, 2.05) is 0 Å². The molecule has 0 amide bonds. The van der Waals surface area contributed by atoms with Gasteiger partial charge in [0.05, 0.1) is 12.0 Å². The van der Waals surface area contributed by atoms with Crippen molar-refractivity contribution in [3.05, 3.63) is 41.5 Å². The van der Waals surface area contributed by atoms with E-state index in [1.54, 1.807) is 12.1 Å². The van der Waals surface area contributed by atoms with Gasteiger partial charge in [-0.1, -0.05) is 24.3 Å². The molecule has 34 heavy (non-hydrogen) atoms. The van der Waals surface area contributed by atoms with Crippen LogP contribution in [-0.2, 0) is 17.5 Å². The van der Waals surface area contributed by atoms with Crippen molar-refractivity contribution in [1.82, 2.24) is 5.32 Å². The van der Waals surface area contributed by atoms with Crippen LogP contribution in [0.25, 0.3) is 10.8 Å². The third-order valence-corrected chi connectivity index (χ3v) is 6.14. The van der Waals surface area contributed by atoms with E-state index in [0.29, 0.717) is 36.9 Å². The smallest absolute Gasteiger partial charge is 0.420 e. The van der Waals surface area contributed by atoms with Gasteiger partial charge in [0.15, 0.2) is 0 Å². The quantitative estimate of drug-likeness (QED) is 0.303. The third-order valence-electron chi connectivity index (χ3n) is 6.14. The van der Waals surface area contributed by atoms with Crippen molar-refractivity contribution in [3.63, 3.8) is 0 Å². The summed E-state index contributed by atoms with van der Waals surface area (Å²) in [5.74, 6) is -2.68. The van der Waals surface area contributed by atoms with Gasteiger partial charge in [-0.2, -0.15) is 26.3 Å². The molecule has 2 aromatic carbocycles. The van der Waals surface area contributed by atoms with Gasteiger partial charge >= 0.3 is 18.3 Å². The molecule has 1 fully saturated rings. The first-order valence-corrected chi connectivity index (χ1v) is 11.2. The Morgan fingerprint density at radius 1 is 0.971 bits per heavy atom. The van der Waals surface area contributed by atoms with Gasteiger partial charge in [0, 0.05) is 13.0 Å². The number of carboxylic acids is 1. The molecular weight excluding hydrogens is 464 g/mol. The summed E-state index contributed by atoms with van der Waals surface area (Å²) in [5.41, 5.74) is -0.273. The van der Waals surface area contributed by atoms with Crippen molar-refractivity contribution < 1.29 is 41.0 Å². The van der Waals surface area contributed by atoms with Gasteiger partial charge in [-0.25, -0.2) is 0 Å². The molecule has 0 aromatic heterocycles. The highest BCUT2D eigenvalue weighted by Crippen LogP contribution is 2.44. The van der Waals surface area contributed by atoms with Crippen LogP contribution in [0.4, 0.5) is 26.3 Å². The van der Waals surface area contributed by atoms with Crippen LogP contribution in [-0.4, -0.2) is 29.9 Å². The first kappa shape index (κ1) is 26.1. The van der Waals surface area contributed by atoms with Crippen molar-refractivity contribution in [2.45, 2.75) is 69.9 Å². The number of hydrogen-bond donors (Lipinski definition) is 2. The molecule has 188 valence electrons. The number of halogens is 6. The predicted molar refractivity (Wildman–Crippen MR) is 115 cm³/mol. The highest BCUT2D eigenvalue weighted by Gasteiger charge is 2.42. The molecule has 2 N–H and O–H groups in total. The fourth-order valence-electron chi connectivity index (χ4n) is 4.38. The van der Waals surface area contributed by atoms with Crippen LogP contribution >= 0.6 is 0 Å². The Morgan fingerprint density at radius 3 is 2.29 bits per heavy atom. The Hall–Kier alpha value is -2.49. The van der Waals surface area contributed by atoms with Crippen molar-refractivity contribution in [1.29, 1.82) is 0 Å². The van der Waals surface area contributed by atoms with Crippen LogP contribution in [0, 0.1) is 5.92 Å². The maximum Gasteiger partial charge on any atom is 0.420 e. The van der Waals surface area contributed by atoms with Crippen molar-refractivity contribution in [2.75, 3.05) is 6.54 Å². The second-order valence-electron chi connectivity index (χ2n) is 8.61. The summed E-state index contributed by atoms with van der Waals surface area (Å²) < 4.78 is 86.4. The highest BCUT2D eigenvalue weighted by atomic mass is 19.4. The molecule has 4 nitrogen and oxygen atoms in total. The van der Waals surface area contributed by atoms with Crippen molar-refractivity contribution >= 4 is 16.7 Å². The Balaban J connectivity index is 1.76. The van der Waals surface area contributed by atoms with E-state index in [4.69, 9.17) is 9.84 Å². The summed E-state index contributed by atoms with van der Waals surface area (Å²) in [6.45, 7) is 0.834. The number of ether oxygens (including phenoxy) is 1. The minimum absolute atomic E-state index is 0.0286. The normalized spacial score (nSPS) is 19.4. The number of carbonyl (C=O) groups is 1. The topological polar surface area (TPSA) is 58.6 Å². The lowest BCUT2D eigenvalue weighted by Gasteiger charge is -2.31. The summed E-state index contributed by atoms with van der Waals surface area (Å²) in [6, 6.07) is 7.39. The van der Waals surface area contributed by atoms with E-state index in [1.165, 1.54) is 18.2 Å². The lowest BCUT2D eigenvalue weighted by atomic mass is 9.87. The number of nitrogens with one attached hydrogen (secondary N) is 1. The van der Waals surface area contributed by atoms with Crippen LogP contribution in [0.2, 0.25) is 0 Å². The van der Waals surface area contributed by atoms with Crippen LogP contribution in [0.3, 0.4) is 0 Å². The van der Waals surface area contributed by atoms with Crippen LogP contribution in [0.5, 0.6) is 5.75 Å². The zero-order chi connectivity index (χ0) is 24.9. The van der Waals surface area contributed by atoms with Crippen LogP contribution in [0.1, 0.15) is 56.1 Å². The second kappa shape index (κ2) is 10.8. The summed E-state index contributed by atoms with van der Waals surface area (Å²) >= 11 is 0. The first-order chi connectivity index (χ1) is 16.0. The molecule has 0 spiro atoms. The molecular formula is C24H27F6NO3. The number of hydrogen-bond acceptors (Lipinski definition) is 3. The molecule has 1 aliphatic rings. The molecule has 1 aliphatic carbocycles. The molecule has 0 saturated heterocycles. The molecule has 10 heteroatoms. The summed E-state index contributed by atoms with van der Waals surface area (Å²) in [4.78, 5) is 10.6. The van der Waals surface area contributed by atoms with E-state index in [0.717, 1.165) is 0 Å². The van der Waals surface area contributed by atoms with Crippen LogP contribution in [0.15, 0.2) is 30.3 Å². The Labute approximate surface area is 193 Å². The van der Waals surface area contributed by atoms with Gasteiger partial charge in [0.2, 0.25) is 0 Å². The molecule has 0 radical (unpaired) electrons. The fourth-order valence-corrected chi connectivity index (χ4v) is 4.38. The zero-order valence-corrected chi connectivity index (χ0v) is 18.4. The van der Waals surface area contributed by atoms with Gasteiger partial charge in [-0.3, -0.25) is 4.79 Å². The van der Waals surface area contributed by atoms with E-state index < -0.39 is 35.9 Å². The van der Waals surface area contributed by atoms with Gasteiger partial charge in [0.1, 0.15) is 11.3 Å². The largest absolute Gasteiger partial charge is 0.490 e. The van der Waals surface area contributed by atoms with Crippen molar-refractivity contribution in [3.8, 4) is 5.75 Å². The molecule has 3 rings (SSSR count). The average Bonchev–Trinajstić information content (AvgIpc) is 2.74. The molecule has 0 unspecified atom stereocenters. The van der Waals surface area contributed by atoms with Gasteiger partial charge < -0.3 is 15.2 Å². The van der Waals surface area contributed by atoms with Gasteiger partial charge in [-0.15, -0.1) is 0 Å². The maximum absolute atomic E-state index is 14.0. The number of carboxylic acid groups (broad SMARTS) is 1. The summed E-state index contributed by atoms with van der Waals surface area (Å²) in [7, 11) is 0. The molecule has 1 saturated carbocycles. The number of aliphatic carboxylic acids is 1. The SMILES string of the molecule is O=C(O)CCCCNCc1cccc2c(C(F)(F)F)c(OC3CCC(C(F)(F)F)CC3)ccc12. The molecule has 0 aliphatic heterocycles. The molecule has 2 aromatic rings. The first-order valence-electron chi connectivity index (χ1n) is 11.2. The van der Waals surface area contributed by atoms with E-state index >= 15 is 0 Å². The number of rotatable bonds is 9. The van der Waals surface area contributed by atoms with E-state index in [2.05, 4.69) is 5.32 Å². The van der Waals surface area contributed by atoms with E-state index in [9.17, 15) is 31.1 Å². The zero-order valence-electron chi connectivity index (χ0n) is 18.4. The fraction of sp³-hybridized carbons (Fsp3) is 0.542. The van der Waals surface area contributed by atoms with Gasteiger partial charge in [-0.05, 0) is 67.5 Å². The monoisotopic (exact) mass is 491 g/mol. The predicted octanol–water partition coefficient (Wildman–Crippen LogP) is 6.70. The standard InChI is InChI=1S/C24H27F6NO3/c25-23(26,27)16-7-9-17(10-8-16)34-20-12-11-18-15(14-31-13-2-1-6-21(32)33)4-3-5-19(18)22(20)24(28,29)30/h3-5,11-12,16-17,31H,1-2,6-10,13-14H2,(H,32,33). The maximum atomic E-state index is 14.0. The van der Waals surface area contributed by atoms with Crippen LogP contribution < -0.4 is 10.1 Å². The Bertz CT molecular complexity index is 981. The number of alkyl halides is 6. The molecule has 0 heterocycles. The summed E-state index contributed by atoms with van der Waals surface area (Å²) in [5, 5.41) is 12.2. The number of benzene rings is 2. The highest BCUT2D eigenvalue weighted by molar-refractivity contribution is 5.91. The lowest BCUT2D eigenvalue weighted by Crippen LogP contribution is -2.32. The Kier molecular flexibility index (Phi) is 8.33. The minimum Gasteiger partial charge on any atom is -0.490 e. The average molecular weight is 491 g/mol. The molecule has 0 bridgehead atoms. The number of fused-ring (bicyclic) bond motifs is 1.